The molecule has 0 spiro atoms. The molecule has 1 aliphatic rings. The summed E-state index contributed by atoms with van der Waals surface area (Å²) in [6, 6.07) is 0. The lowest BCUT2D eigenvalue weighted by Gasteiger charge is -2.34. The van der Waals surface area contributed by atoms with Crippen molar-refractivity contribution in [3.63, 3.8) is 0 Å². The summed E-state index contributed by atoms with van der Waals surface area (Å²) in [4.78, 5) is 23.9. The van der Waals surface area contributed by atoms with Crippen LogP contribution in [0.3, 0.4) is 0 Å². The fourth-order valence-electron chi connectivity index (χ4n) is 3.05. The van der Waals surface area contributed by atoms with Crippen LogP contribution < -0.4 is 11.1 Å². The van der Waals surface area contributed by atoms with Crippen LogP contribution in [0, 0.1) is 19.3 Å². The number of carbonyl (C=O) groups excluding carboxylic acids is 2. The van der Waals surface area contributed by atoms with Crippen LogP contribution in [-0.4, -0.2) is 41.4 Å². The van der Waals surface area contributed by atoms with Crippen LogP contribution in [0.15, 0.2) is 0 Å². The molecule has 0 aliphatic carbocycles. The van der Waals surface area contributed by atoms with E-state index < -0.39 is 5.41 Å². The molecule has 0 radical (unpaired) electrons. The third-order valence-electron chi connectivity index (χ3n) is 4.86. The van der Waals surface area contributed by atoms with Crippen LogP contribution in [-0.2, 0) is 27.8 Å². The standard InChI is InChI=1S/C16H26N4O3/c1-11-13(12(2)20(3)19-11)4-5-14(21)18-10-16(15(17)22)6-8-23-9-7-16/h4-10H2,1-3H3,(H2,17,22)(H,18,21). The Hall–Kier alpha value is -1.89. The van der Waals surface area contributed by atoms with Crippen molar-refractivity contribution >= 4 is 11.8 Å². The number of amides is 2. The maximum atomic E-state index is 12.1. The molecule has 0 bridgehead atoms. The van der Waals surface area contributed by atoms with E-state index in [2.05, 4.69) is 10.4 Å². The van der Waals surface area contributed by atoms with Crippen LogP contribution >= 0.6 is 0 Å². The van der Waals surface area contributed by atoms with Gasteiger partial charge >= 0.3 is 0 Å². The molecule has 2 amide bonds. The maximum absolute atomic E-state index is 12.1. The lowest BCUT2D eigenvalue weighted by molar-refractivity contribution is -0.134. The van der Waals surface area contributed by atoms with Crippen molar-refractivity contribution in [1.82, 2.24) is 15.1 Å². The Morgan fingerprint density at radius 2 is 2.00 bits per heavy atom. The molecule has 0 atom stereocenters. The Balaban J connectivity index is 1.88. The van der Waals surface area contributed by atoms with Crippen LogP contribution in [0.5, 0.6) is 0 Å². The number of hydrogen-bond acceptors (Lipinski definition) is 4. The minimum absolute atomic E-state index is 0.0697. The molecule has 1 saturated heterocycles. The first kappa shape index (κ1) is 17.5. The topological polar surface area (TPSA) is 99.2 Å². The van der Waals surface area contributed by atoms with Crippen molar-refractivity contribution in [3.05, 3.63) is 17.0 Å². The van der Waals surface area contributed by atoms with Crippen LogP contribution in [0.25, 0.3) is 0 Å². The van der Waals surface area contributed by atoms with Crippen molar-refractivity contribution < 1.29 is 14.3 Å². The first-order valence-corrected chi connectivity index (χ1v) is 7.99. The largest absolute Gasteiger partial charge is 0.381 e. The summed E-state index contributed by atoms with van der Waals surface area (Å²) in [5.74, 6) is -0.431. The molecular weight excluding hydrogens is 296 g/mol. The fraction of sp³-hybridized carbons (Fsp3) is 0.688. The molecule has 0 saturated carbocycles. The molecule has 7 nitrogen and oxygen atoms in total. The number of rotatable bonds is 6. The van der Waals surface area contributed by atoms with Gasteiger partial charge in [0.15, 0.2) is 0 Å². The van der Waals surface area contributed by atoms with E-state index in [1.165, 1.54) is 0 Å². The van der Waals surface area contributed by atoms with Crippen LogP contribution in [0.2, 0.25) is 0 Å². The van der Waals surface area contributed by atoms with Gasteiger partial charge in [0.25, 0.3) is 0 Å². The Labute approximate surface area is 136 Å². The monoisotopic (exact) mass is 322 g/mol. The van der Waals surface area contributed by atoms with E-state index in [1.54, 1.807) is 0 Å². The molecule has 0 unspecified atom stereocenters. The summed E-state index contributed by atoms with van der Waals surface area (Å²) >= 11 is 0. The fourth-order valence-corrected chi connectivity index (χ4v) is 3.05. The van der Waals surface area contributed by atoms with Gasteiger partial charge in [-0.05, 0) is 38.7 Å². The van der Waals surface area contributed by atoms with Crippen molar-refractivity contribution in [2.75, 3.05) is 19.8 Å². The lowest BCUT2D eigenvalue weighted by Crippen LogP contribution is -2.49. The zero-order valence-electron chi connectivity index (χ0n) is 14.1. The van der Waals surface area contributed by atoms with E-state index in [0.717, 1.165) is 17.0 Å². The van der Waals surface area contributed by atoms with Crippen molar-refractivity contribution in [1.29, 1.82) is 0 Å². The van der Waals surface area contributed by atoms with E-state index in [4.69, 9.17) is 10.5 Å². The van der Waals surface area contributed by atoms with Gasteiger partial charge in [0, 0.05) is 38.9 Å². The normalized spacial score (nSPS) is 17.0. The highest BCUT2D eigenvalue weighted by atomic mass is 16.5. The Morgan fingerprint density at radius 3 is 2.52 bits per heavy atom. The summed E-state index contributed by atoms with van der Waals surface area (Å²) in [5.41, 5.74) is 8.01. The number of ether oxygens (including phenoxy) is 1. The third kappa shape index (κ3) is 3.90. The molecule has 2 rings (SSSR count). The maximum Gasteiger partial charge on any atom is 0.225 e. The molecule has 0 aromatic carbocycles. The van der Waals surface area contributed by atoms with Gasteiger partial charge in [-0.15, -0.1) is 0 Å². The van der Waals surface area contributed by atoms with E-state index in [0.29, 0.717) is 38.9 Å². The summed E-state index contributed by atoms with van der Waals surface area (Å²) in [6.45, 7) is 5.25. The number of nitrogens with two attached hydrogens (primary N) is 1. The summed E-state index contributed by atoms with van der Waals surface area (Å²) in [5, 5.41) is 7.22. The van der Waals surface area contributed by atoms with E-state index >= 15 is 0 Å². The summed E-state index contributed by atoms with van der Waals surface area (Å²) in [7, 11) is 1.90. The van der Waals surface area contributed by atoms with Gasteiger partial charge in [0.2, 0.25) is 11.8 Å². The van der Waals surface area contributed by atoms with E-state index in [1.807, 2.05) is 25.6 Å². The van der Waals surface area contributed by atoms with Gasteiger partial charge in [-0.25, -0.2) is 0 Å². The van der Waals surface area contributed by atoms with Gasteiger partial charge in [0.1, 0.15) is 0 Å². The van der Waals surface area contributed by atoms with Gasteiger partial charge in [-0.3, -0.25) is 14.3 Å². The first-order valence-electron chi connectivity index (χ1n) is 7.99. The lowest BCUT2D eigenvalue weighted by atomic mass is 9.79. The number of primary amides is 1. The zero-order valence-corrected chi connectivity index (χ0v) is 14.1. The van der Waals surface area contributed by atoms with Gasteiger partial charge in [0.05, 0.1) is 11.1 Å². The predicted molar refractivity (Wildman–Crippen MR) is 85.7 cm³/mol. The molecule has 2 heterocycles. The van der Waals surface area contributed by atoms with Crippen LogP contribution in [0.1, 0.15) is 36.2 Å². The molecule has 1 fully saturated rings. The molecule has 1 aromatic heterocycles. The molecular formula is C16H26N4O3. The number of aromatic nitrogens is 2. The van der Waals surface area contributed by atoms with Gasteiger partial charge in [-0.2, -0.15) is 5.10 Å². The number of nitrogens with zero attached hydrogens (tertiary/aromatic N) is 2. The Kier molecular flexibility index (Phi) is 5.41. The highest BCUT2D eigenvalue weighted by Gasteiger charge is 2.38. The first-order chi connectivity index (χ1) is 10.9. The summed E-state index contributed by atoms with van der Waals surface area (Å²) < 4.78 is 7.11. The molecule has 23 heavy (non-hydrogen) atoms. The van der Waals surface area contributed by atoms with Gasteiger partial charge in [-0.1, -0.05) is 0 Å². The van der Waals surface area contributed by atoms with Crippen molar-refractivity contribution in [2.24, 2.45) is 18.2 Å². The van der Waals surface area contributed by atoms with E-state index in [-0.39, 0.29) is 18.4 Å². The van der Waals surface area contributed by atoms with Gasteiger partial charge < -0.3 is 15.8 Å². The summed E-state index contributed by atoms with van der Waals surface area (Å²) in [6.07, 6.45) is 2.13. The highest BCUT2D eigenvalue weighted by Crippen LogP contribution is 2.29. The number of nitrogens with one attached hydrogen (secondary N) is 1. The average Bonchev–Trinajstić information content (AvgIpc) is 2.77. The third-order valence-corrected chi connectivity index (χ3v) is 4.86. The molecule has 3 N–H and O–H groups in total. The quantitative estimate of drug-likeness (QED) is 0.790. The van der Waals surface area contributed by atoms with Crippen molar-refractivity contribution in [3.8, 4) is 0 Å². The second kappa shape index (κ2) is 7.12. The SMILES string of the molecule is Cc1nn(C)c(C)c1CCC(=O)NCC1(C(N)=O)CCOCC1. The number of hydrogen-bond donors (Lipinski definition) is 2. The zero-order chi connectivity index (χ0) is 17.0. The second-order valence-electron chi connectivity index (χ2n) is 6.31. The molecule has 7 heteroatoms. The molecule has 1 aliphatic heterocycles. The van der Waals surface area contributed by atoms with Crippen LogP contribution in [0.4, 0.5) is 0 Å². The Morgan fingerprint density at radius 1 is 1.35 bits per heavy atom. The molecule has 1 aromatic rings. The highest BCUT2D eigenvalue weighted by molar-refractivity contribution is 5.83. The number of carbonyl (C=O) groups is 2. The number of aryl methyl sites for hydroxylation is 2. The molecule has 128 valence electrons. The average molecular weight is 322 g/mol. The van der Waals surface area contributed by atoms with E-state index in [9.17, 15) is 9.59 Å². The minimum Gasteiger partial charge on any atom is -0.381 e. The predicted octanol–water partition coefficient (Wildman–Crippen LogP) is 0.368. The van der Waals surface area contributed by atoms with Crippen molar-refractivity contribution in [2.45, 2.75) is 39.5 Å². The second-order valence-corrected chi connectivity index (χ2v) is 6.31. The Bertz CT molecular complexity index is 588. The smallest absolute Gasteiger partial charge is 0.225 e. The minimum atomic E-state index is -0.673.